The SMILES string of the molecule is N#Cc1c(-c2ccc[nH]2)cc(-c2ccccc2Br)nc1N. The third-order valence-electron chi connectivity index (χ3n) is 3.20. The number of aromatic nitrogens is 2. The molecule has 21 heavy (non-hydrogen) atoms. The van der Waals surface area contributed by atoms with Crippen LogP contribution in [-0.4, -0.2) is 9.97 Å². The van der Waals surface area contributed by atoms with E-state index in [4.69, 9.17) is 5.73 Å². The van der Waals surface area contributed by atoms with Gasteiger partial charge in [0.25, 0.3) is 0 Å². The lowest BCUT2D eigenvalue weighted by Gasteiger charge is -2.10. The van der Waals surface area contributed by atoms with Crippen LogP contribution in [0.3, 0.4) is 0 Å². The monoisotopic (exact) mass is 338 g/mol. The number of hydrogen-bond donors (Lipinski definition) is 2. The number of halogens is 1. The number of nitriles is 1. The molecule has 5 heteroatoms. The number of nitrogens with one attached hydrogen (secondary N) is 1. The number of hydrogen-bond acceptors (Lipinski definition) is 3. The van der Waals surface area contributed by atoms with Crippen molar-refractivity contribution in [3.63, 3.8) is 0 Å². The molecule has 2 heterocycles. The predicted molar refractivity (Wildman–Crippen MR) is 86.3 cm³/mol. The van der Waals surface area contributed by atoms with Crippen LogP contribution in [0, 0.1) is 11.3 Å². The van der Waals surface area contributed by atoms with E-state index >= 15 is 0 Å². The van der Waals surface area contributed by atoms with Gasteiger partial charge in [0.2, 0.25) is 0 Å². The highest BCUT2D eigenvalue weighted by molar-refractivity contribution is 9.10. The molecule has 0 aliphatic carbocycles. The number of rotatable bonds is 2. The Morgan fingerprint density at radius 1 is 1.14 bits per heavy atom. The van der Waals surface area contributed by atoms with Gasteiger partial charge in [-0.15, -0.1) is 0 Å². The van der Waals surface area contributed by atoms with E-state index in [1.165, 1.54) is 0 Å². The average molecular weight is 339 g/mol. The second-order valence-corrected chi connectivity index (χ2v) is 5.35. The molecule has 0 aliphatic heterocycles. The minimum Gasteiger partial charge on any atom is -0.383 e. The zero-order valence-corrected chi connectivity index (χ0v) is 12.6. The van der Waals surface area contributed by atoms with Crippen LogP contribution < -0.4 is 5.73 Å². The fourth-order valence-corrected chi connectivity index (χ4v) is 2.69. The first-order valence-corrected chi connectivity index (χ1v) is 7.09. The van der Waals surface area contributed by atoms with Crippen molar-refractivity contribution in [2.24, 2.45) is 0 Å². The van der Waals surface area contributed by atoms with Gasteiger partial charge in [0.05, 0.1) is 5.69 Å². The zero-order chi connectivity index (χ0) is 14.8. The molecule has 0 radical (unpaired) electrons. The maximum absolute atomic E-state index is 9.32. The van der Waals surface area contributed by atoms with Crippen molar-refractivity contribution in [2.75, 3.05) is 5.73 Å². The standard InChI is InChI=1S/C16H11BrN4/c17-13-5-2-1-4-10(13)15-8-11(14-6-3-7-20-14)12(9-18)16(19)21-15/h1-8,20H,(H2,19,21). The molecule has 0 unspecified atom stereocenters. The number of pyridine rings is 1. The van der Waals surface area contributed by atoms with E-state index in [1.807, 2.05) is 48.7 Å². The highest BCUT2D eigenvalue weighted by Gasteiger charge is 2.14. The maximum atomic E-state index is 9.32. The first-order chi connectivity index (χ1) is 10.2. The number of aromatic amines is 1. The number of nitrogens with zero attached hydrogens (tertiary/aromatic N) is 2. The van der Waals surface area contributed by atoms with Gasteiger partial charge in [-0.1, -0.05) is 34.1 Å². The fourth-order valence-electron chi connectivity index (χ4n) is 2.20. The van der Waals surface area contributed by atoms with Gasteiger partial charge in [0.15, 0.2) is 0 Å². The van der Waals surface area contributed by atoms with Gasteiger partial charge in [-0.05, 0) is 24.3 Å². The summed E-state index contributed by atoms with van der Waals surface area (Å²) in [5.41, 5.74) is 9.60. The Labute approximate surface area is 130 Å². The molecule has 0 fully saturated rings. The molecule has 2 aromatic heterocycles. The zero-order valence-electron chi connectivity index (χ0n) is 11.0. The van der Waals surface area contributed by atoms with E-state index in [-0.39, 0.29) is 5.82 Å². The molecule has 4 nitrogen and oxygen atoms in total. The Hall–Kier alpha value is -2.58. The van der Waals surface area contributed by atoms with Crippen molar-refractivity contribution in [3.05, 3.63) is 58.7 Å². The van der Waals surface area contributed by atoms with Crippen molar-refractivity contribution in [3.8, 4) is 28.6 Å². The summed E-state index contributed by atoms with van der Waals surface area (Å²) >= 11 is 3.51. The molecule has 3 aromatic rings. The number of H-pyrrole nitrogens is 1. The molecule has 0 saturated heterocycles. The molecule has 0 bridgehead atoms. The van der Waals surface area contributed by atoms with E-state index in [9.17, 15) is 5.26 Å². The topological polar surface area (TPSA) is 78.5 Å². The van der Waals surface area contributed by atoms with Crippen molar-refractivity contribution >= 4 is 21.7 Å². The van der Waals surface area contributed by atoms with Gasteiger partial charge >= 0.3 is 0 Å². The van der Waals surface area contributed by atoms with Gasteiger partial charge < -0.3 is 10.7 Å². The summed E-state index contributed by atoms with van der Waals surface area (Å²) in [6.07, 6.45) is 1.81. The van der Waals surface area contributed by atoms with Crippen LogP contribution >= 0.6 is 15.9 Å². The summed E-state index contributed by atoms with van der Waals surface area (Å²) in [5.74, 6) is 0.232. The molecule has 102 valence electrons. The third-order valence-corrected chi connectivity index (χ3v) is 3.89. The van der Waals surface area contributed by atoms with Crippen molar-refractivity contribution < 1.29 is 0 Å². The molecule has 0 aliphatic rings. The molecular weight excluding hydrogens is 328 g/mol. The summed E-state index contributed by atoms with van der Waals surface area (Å²) < 4.78 is 0.930. The van der Waals surface area contributed by atoms with Crippen molar-refractivity contribution in [1.82, 2.24) is 9.97 Å². The van der Waals surface area contributed by atoms with E-state index < -0.39 is 0 Å². The van der Waals surface area contributed by atoms with E-state index in [0.717, 1.165) is 27.0 Å². The summed E-state index contributed by atoms with van der Waals surface area (Å²) in [5, 5.41) is 9.32. The highest BCUT2D eigenvalue weighted by atomic mass is 79.9. The Kier molecular flexibility index (Phi) is 3.46. The van der Waals surface area contributed by atoms with Crippen LogP contribution in [-0.2, 0) is 0 Å². The minimum absolute atomic E-state index is 0.232. The number of nitrogens with two attached hydrogens (primary N) is 1. The van der Waals surface area contributed by atoms with Gasteiger partial charge in [-0.3, -0.25) is 0 Å². The minimum atomic E-state index is 0.232. The van der Waals surface area contributed by atoms with Crippen LogP contribution in [0.25, 0.3) is 22.5 Å². The normalized spacial score (nSPS) is 10.3. The smallest absolute Gasteiger partial charge is 0.142 e. The van der Waals surface area contributed by atoms with Crippen molar-refractivity contribution in [2.45, 2.75) is 0 Å². The number of anilines is 1. The molecule has 0 spiro atoms. The Morgan fingerprint density at radius 2 is 1.95 bits per heavy atom. The molecule has 1 aromatic carbocycles. The molecule has 0 atom stereocenters. The molecule has 0 saturated carbocycles. The lowest BCUT2D eigenvalue weighted by atomic mass is 10.0. The lowest BCUT2D eigenvalue weighted by Crippen LogP contribution is -2.00. The fraction of sp³-hybridized carbons (Fsp3) is 0. The predicted octanol–water partition coefficient (Wildman–Crippen LogP) is 3.96. The lowest BCUT2D eigenvalue weighted by molar-refractivity contribution is 1.29. The maximum Gasteiger partial charge on any atom is 0.142 e. The van der Waals surface area contributed by atoms with Crippen LogP contribution in [0.1, 0.15) is 5.56 Å². The highest BCUT2D eigenvalue weighted by Crippen LogP contribution is 2.33. The molecular formula is C16H11BrN4. The van der Waals surface area contributed by atoms with Gasteiger partial charge in [-0.2, -0.15) is 5.26 Å². The second-order valence-electron chi connectivity index (χ2n) is 4.49. The quantitative estimate of drug-likeness (QED) is 0.742. The van der Waals surface area contributed by atoms with Crippen LogP contribution in [0.5, 0.6) is 0 Å². The van der Waals surface area contributed by atoms with Gasteiger partial charge in [0.1, 0.15) is 17.5 Å². The number of benzene rings is 1. The van der Waals surface area contributed by atoms with Gasteiger partial charge in [-0.25, -0.2) is 4.98 Å². The average Bonchev–Trinajstić information content (AvgIpc) is 3.01. The first-order valence-electron chi connectivity index (χ1n) is 6.30. The molecule has 0 amide bonds. The Bertz CT molecular complexity index is 832. The van der Waals surface area contributed by atoms with E-state index in [1.54, 1.807) is 0 Å². The largest absolute Gasteiger partial charge is 0.383 e. The third kappa shape index (κ3) is 2.41. The number of nitrogen functional groups attached to an aromatic ring is 1. The molecule has 3 N–H and O–H groups in total. The van der Waals surface area contributed by atoms with Crippen molar-refractivity contribution in [1.29, 1.82) is 5.26 Å². The van der Waals surface area contributed by atoms with Crippen LogP contribution in [0.15, 0.2) is 53.1 Å². The second kappa shape index (κ2) is 5.43. The Morgan fingerprint density at radius 3 is 2.62 bits per heavy atom. The van der Waals surface area contributed by atoms with Crippen LogP contribution in [0.4, 0.5) is 5.82 Å². The Balaban J connectivity index is 2.26. The summed E-state index contributed by atoms with van der Waals surface area (Å²) in [7, 11) is 0. The molecule has 3 rings (SSSR count). The summed E-state index contributed by atoms with van der Waals surface area (Å²) in [6, 6.07) is 15.6. The van der Waals surface area contributed by atoms with E-state index in [2.05, 4.69) is 32.0 Å². The summed E-state index contributed by atoms with van der Waals surface area (Å²) in [6.45, 7) is 0. The van der Waals surface area contributed by atoms with E-state index in [0.29, 0.717) is 5.56 Å². The summed E-state index contributed by atoms with van der Waals surface area (Å²) in [4.78, 5) is 7.46. The van der Waals surface area contributed by atoms with Crippen LogP contribution in [0.2, 0.25) is 0 Å². The first kappa shape index (κ1) is 13.4. The van der Waals surface area contributed by atoms with Gasteiger partial charge in [0, 0.05) is 27.5 Å².